The van der Waals surface area contributed by atoms with Gasteiger partial charge in [0.1, 0.15) is 5.82 Å². The Bertz CT molecular complexity index is 531. The molecule has 1 heterocycles. The third kappa shape index (κ3) is 2.49. The molecule has 0 saturated carbocycles. The normalized spacial score (nSPS) is 19.3. The molecule has 4 nitrogen and oxygen atoms in total. The first-order chi connectivity index (χ1) is 7.89. The molecule has 2 rings (SSSR count). The Morgan fingerprint density at radius 2 is 1.76 bits per heavy atom. The number of nitrogens with zero attached hydrogens (tertiary/aromatic N) is 1. The van der Waals surface area contributed by atoms with Crippen molar-refractivity contribution in [1.82, 2.24) is 0 Å². The van der Waals surface area contributed by atoms with Crippen LogP contribution in [-0.2, 0) is 9.84 Å². The monoisotopic (exact) mass is 262 g/mol. The lowest BCUT2D eigenvalue weighted by Gasteiger charge is -2.29. The highest BCUT2D eigenvalue weighted by molar-refractivity contribution is 7.91. The summed E-state index contributed by atoms with van der Waals surface area (Å²) in [6.07, 6.45) is 0. The van der Waals surface area contributed by atoms with Crippen LogP contribution in [-0.4, -0.2) is 33.0 Å². The zero-order valence-electron chi connectivity index (χ0n) is 8.99. The average Bonchev–Trinajstić information content (AvgIpc) is 2.24. The first kappa shape index (κ1) is 12.1. The number of hydrogen-bond donors (Lipinski definition) is 1. The van der Waals surface area contributed by atoms with Gasteiger partial charge in [-0.2, -0.15) is 0 Å². The number of sulfone groups is 1. The fourth-order valence-electron chi connectivity index (χ4n) is 1.79. The van der Waals surface area contributed by atoms with Crippen molar-refractivity contribution in [2.45, 2.75) is 0 Å². The maximum Gasteiger partial charge on any atom is 0.153 e. The number of benzene rings is 1. The molecule has 2 N–H and O–H groups in total. The Morgan fingerprint density at radius 3 is 2.35 bits per heavy atom. The van der Waals surface area contributed by atoms with E-state index in [1.165, 1.54) is 0 Å². The van der Waals surface area contributed by atoms with Crippen LogP contribution < -0.4 is 10.6 Å². The van der Waals surface area contributed by atoms with E-state index < -0.39 is 21.5 Å². The quantitative estimate of drug-likeness (QED) is 0.760. The van der Waals surface area contributed by atoms with E-state index in [9.17, 15) is 17.2 Å². The van der Waals surface area contributed by atoms with Gasteiger partial charge in [0.25, 0.3) is 0 Å². The molecule has 0 bridgehead atoms. The van der Waals surface area contributed by atoms with E-state index in [2.05, 4.69) is 0 Å². The molecule has 1 saturated heterocycles. The summed E-state index contributed by atoms with van der Waals surface area (Å²) in [5, 5.41) is 0. The molecule has 94 valence electrons. The lowest BCUT2D eigenvalue weighted by Crippen LogP contribution is -2.40. The average molecular weight is 262 g/mol. The van der Waals surface area contributed by atoms with Crippen molar-refractivity contribution in [3.63, 3.8) is 0 Å². The maximum atomic E-state index is 13.2. The first-order valence-electron chi connectivity index (χ1n) is 5.09. The van der Waals surface area contributed by atoms with Crippen LogP contribution in [0, 0.1) is 11.6 Å². The van der Waals surface area contributed by atoms with Crippen LogP contribution in [0.5, 0.6) is 0 Å². The number of nitrogens with two attached hydrogens (primary N) is 1. The molecule has 1 fully saturated rings. The van der Waals surface area contributed by atoms with Gasteiger partial charge < -0.3 is 10.6 Å². The van der Waals surface area contributed by atoms with Gasteiger partial charge in [0.2, 0.25) is 0 Å². The molecular weight excluding hydrogens is 250 g/mol. The SMILES string of the molecule is Nc1c(F)cc(F)cc1N1CCS(=O)(=O)CC1. The lowest BCUT2D eigenvalue weighted by molar-refractivity contribution is 0.581. The highest BCUT2D eigenvalue weighted by Gasteiger charge is 2.24. The third-order valence-corrected chi connectivity index (χ3v) is 4.37. The molecule has 0 radical (unpaired) electrons. The van der Waals surface area contributed by atoms with Crippen molar-refractivity contribution in [2.24, 2.45) is 0 Å². The Hall–Kier alpha value is -1.37. The molecular formula is C10H12F2N2O2S. The second-order valence-electron chi connectivity index (χ2n) is 3.96. The van der Waals surface area contributed by atoms with Crippen LogP contribution in [0.3, 0.4) is 0 Å². The molecule has 1 aromatic carbocycles. The van der Waals surface area contributed by atoms with E-state index in [4.69, 9.17) is 5.73 Å². The van der Waals surface area contributed by atoms with Gasteiger partial charge in [-0.3, -0.25) is 0 Å². The van der Waals surface area contributed by atoms with E-state index in [1.807, 2.05) is 0 Å². The maximum absolute atomic E-state index is 13.2. The van der Waals surface area contributed by atoms with E-state index in [1.54, 1.807) is 4.90 Å². The van der Waals surface area contributed by atoms with Gasteiger partial charge in [0.15, 0.2) is 15.7 Å². The number of halogens is 2. The van der Waals surface area contributed by atoms with Crippen molar-refractivity contribution >= 4 is 21.2 Å². The molecule has 0 aromatic heterocycles. The summed E-state index contributed by atoms with van der Waals surface area (Å²) < 4.78 is 48.8. The topological polar surface area (TPSA) is 63.4 Å². The standard InChI is InChI=1S/C10H12F2N2O2S/c11-7-5-8(12)10(13)9(6-7)14-1-3-17(15,16)4-2-14/h5-6H,1-4,13H2. The van der Waals surface area contributed by atoms with Gasteiger partial charge in [0, 0.05) is 19.2 Å². The zero-order valence-corrected chi connectivity index (χ0v) is 9.80. The largest absolute Gasteiger partial charge is 0.395 e. The van der Waals surface area contributed by atoms with Gasteiger partial charge in [-0.15, -0.1) is 0 Å². The predicted octanol–water partition coefficient (Wildman–Crippen LogP) is 0.782. The highest BCUT2D eigenvalue weighted by atomic mass is 32.2. The van der Waals surface area contributed by atoms with E-state index in [-0.39, 0.29) is 36.0 Å². The zero-order chi connectivity index (χ0) is 12.6. The van der Waals surface area contributed by atoms with Gasteiger partial charge >= 0.3 is 0 Å². The van der Waals surface area contributed by atoms with E-state index >= 15 is 0 Å². The van der Waals surface area contributed by atoms with Gasteiger partial charge in [0.05, 0.1) is 22.9 Å². The second kappa shape index (κ2) is 4.14. The fraction of sp³-hybridized carbons (Fsp3) is 0.400. The summed E-state index contributed by atoms with van der Waals surface area (Å²) in [4.78, 5) is 1.59. The summed E-state index contributed by atoms with van der Waals surface area (Å²) >= 11 is 0. The lowest BCUT2D eigenvalue weighted by atomic mass is 10.2. The minimum absolute atomic E-state index is 0.0232. The predicted molar refractivity (Wildman–Crippen MR) is 61.6 cm³/mol. The number of rotatable bonds is 1. The minimum Gasteiger partial charge on any atom is -0.395 e. The summed E-state index contributed by atoms with van der Waals surface area (Å²) in [6, 6.07) is 1.83. The smallest absolute Gasteiger partial charge is 0.153 e. The van der Waals surface area contributed by atoms with Crippen LogP contribution >= 0.6 is 0 Å². The fourth-order valence-corrected chi connectivity index (χ4v) is 2.99. The molecule has 1 aliphatic heterocycles. The molecule has 1 aromatic rings. The molecule has 0 spiro atoms. The molecule has 0 atom stereocenters. The molecule has 0 unspecified atom stereocenters. The summed E-state index contributed by atoms with van der Waals surface area (Å²) in [5.74, 6) is -1.59. The van der Waals surface area contributed by atoms with Crippen LogP contribution in [0.4, 0.5) is 20.2 Å². The molecule has 0 aliphatic carbocycles. The van der Waals surface area contributed by atoms with Crippen molar-refractivity contribution < 1.29 is 17.2 Å². The first-order valence-corrected chi connectivity index (χ1v) is 6.91. The number of nitrogen functional groups attached to an aromatic ring is 1. The van der Waals surface area contributed by atoms with E-state index in [0.717, 1.165) is 6.07 Å². The van der Waals surface area contributed by atoms with Crippen molar-refractivity contribution in [1.29, 1.82) is 0 Å². The van der Waals surface area contributed by atoms with Gasteiger partial charge in [-0.05, 0) is 6.07 Å². The van der Waals surface area contributed by atoms with Crippen LogP contribution in [0.25, 0.3) is 0 Å². The Balaban J connectivity index is 2.30. The number of hydrogen-bond acceptors (Lipinski definition) is 4. The summed E-state index contributed by atoms with van der Waals surface area (Å²) in [7, 11) is -3.03. The van der Waals surface area contributed by atoms with Crippen LogP contribution in [0.15, 0.2) is 12.1 Å². The third-order valence-electron chi connectivity index (χ3n) is 2.76. The summed E-state index contributed by atoms with van der Waals surface area (Å²) in [6.45, 7) is 0.408. The van der Waals surface area contributed by atoms with E-state index in [0.29, 0.717) is 6.07 Å². The Labute approximate surface area is 97.9 Å². The Kier molecular flexibility index (Phi) is 2.94. The van der Waals surface area contributed by atoms with Crippen molar-refractivity contribution in [3.05, 3.63) is 23.8 Å². The van der Waals surface area contributed by atoms with Crippen molar-refractivity contribution in [3.8, 4) is 0 Å². The second-order valence-corrected chi connectivity index (χ2v) is 6.26. The molecule has 17 heavy (non-hydrogen) atoms. The number of anilines is 2. The Morgan fingerprint density at radius 1 is 1.18 bits per heavy atom. The summed E-state index contributed by atoms with van der Waals surface area (Å²) in [5.41, 5.74) is 5.59. The highest BCUT2D eigenvalue weighted by Crippen LogP contribution is 2.28. The molecule has 7 heteroatoms. The van der Waals surface area contributed by atoms with Gasteiger partial charge in [-0.25, -0.2) is 17.2 Å². The minimum atomic E-state index is -3.03. The molecule has 0 amide bonds. The molecule has 1 aliphatic rings. The van der Waals surface area contributed by atoms with Crippen LogP contribution in [0.1, 0.15) is 0 Å². The van der Waals surface area contributed by atoms with Crippen molar-refractivity contribution in [2.75, 3.05) is 35.2 Å². The van der Waals surface area contributed by atoms with Gasteiger partial charge in [-0.1, -0.05) is 0 Å². The van der Waals surface area contributed by atoms with Crippen LogP contribution in [0.2, 0.25) is 0 Å².